The van der Waals surface area contributed by atoms with Crippen molar-refractivity contribution in [3.05, 3.63) is 27.7 Å². The topological polar surface area (TPSA) is 46.9 Å². The molecule has 3 rings (SSSR count). The van der Waals surface area contributed by atoms with Gasteiger partial charge >= 0.3 is 0 Å². The van der Waals surface area contributed by atoms with Crippen LogP contribution in [-0.4, -0.2) is 58.3 Å². The lowest BCUT2D eigenvalue weighted by atomic mass is 10.2. The first-order valence-electron chi connectivity index (χ1n) is 7.36. The van der Waals surface area contributed by atoms with Crippen molar-refractivity contribution < 1.29 is 10.2 Å². The third kappa shape index (κ3) is 3.15. The molecule has 2 aliphatic heterocycles. The fraction of sp³-hybridized carbons (Fsp3) is 0.600. The quantitative estimate of drug-likeness (QED) is 0.893. The van der Waals surface area contributed by atoms with E-state index in [0.29, 0.717) is 23.1 Å². The number of nitrogens with zero attached hydrogens (tertiary/aromatic N) is 2. The molecule has 2 fully saturated rings. The van der Waals surface area contributed by atoms with E-state index >= 15 is 0 Å². The summed E-state index contributed by atoms with van der Waals surface area (Å²) in [6.45, 7) is 4.12. The number of β-amino-alcohol motifs (C(OH)–C–C–N with tert-alkyl or cyclic N) is 1. The lowest BCUT2D eigenvalue weighted by molar-refractivity contribution is 0.0978. The second kappa shape index (κ2) is 6.31. The fourth-order valence-electron chi connectivity index (χ4n) is 3.36. The van der Waals surface area contributed by atoms with Crippen LogP contribution >= 0.6 is 23.2 Å². The van der Waals surface area contributed by atoms with E-state index in [9.17, 15) is 10.2 Å². The molecule has 0 amide bonds. The van der Waals surface area contributed by atoms with Crippen LogP contribution in [0.5, 0.6) is 5.75 Å². The second-order valence-electron chi connectivity index (χ2n) is 5.93. The van der Waals surface area contributed by atoms with Crippen molar-refractivity contribution in [2.45, 2.75) is 31.5 Å². The molecule has 0 saturated carbocycles. The van der Waals surface area contributed by atoms with Crippen molar-refractivity contribution in [3.8, 4) is 5.75 Å². The van der Waals surface area contributed by atoms with E-state index in [-0.39, 0.29) is 17.9 Å². The molecule has 1 aromatic carbocycles. The van der Waals surface area contributed by atoms with Crippen LogP contribution in [0.25, 0.3) is 0 Å². The summed E-state index contributed by atoms with van der Waals surface area (Å²) in [6.07, 6.45) is 2.10. The van der Waals surface area contributed by atoms with Crippen LogP contribution < -0.4 is 0 Å². The van der Waals surface area contributed by atoms with E-state index in [1.54, 1.807) is 6.07 Å². The van der Waals surface area contributed by atoms with E-state index in [2.05, 4.69) is 9.80 Å². The smallest absolute Gasteiger partial charge is 0.134 e. The SMILES string of the molecule is Oc1ccc(Cl)c(CN2C[C@H](O)[C@@H](N3CCCC3)C2)c1Cl. The maximum absolute atomic E-state index is 10.3. The van der Waals surface area contributed by atoms with Crippen molar-refractivity contribution in [2.24, 2.45) is 0 Å². The van der Waals surface area contributed by atoms with Crippen LogP contribution in [0.3, 0.4) is 0 Å². The Morgan fingerprint density at radius 2 is 1.86 bits per heavy atom. The molecule has 0 aromatic heterocycles. The molecular weight excluding hydrogens is 311 g/mol. The average Bonchev–Trinajstić information content (AvgIpc) is 3.08. The van der Waals surface area contributed by atoms with Crippen molar-refractivity contribution in [1.82, 2.24) is 9.80 Å². The third-order valence-corrected chi connectivity index (χ3v) is 5.27. The van der Waals surface area contributed by atoms with Gasteiger partial charge in [-0.15, -0.1) is 0 Å². The van der Waals surface area contributed by atoms with Crippen molar-refractivity contribution in [3.63, 3.8) is 0 Å². The fourth-order valence-corrected chi connectivity index (χ4v) is 3.85. The standard InChI is InChI=1S/C15H20Cl2N2O2/c16-11-3-4-13(20)15(17)10(11)7-18-8-12(14(21)9-18)19-5-1-2-6-19/h3-4,12,14,20-21H,1-2,5-9H2/t12-,14-/m0/s1. The number of benzene rings is 1. The molecule has 2 aliphatic rings. The van der Waals surface area contributed by atoms with Gasteiger partial charge in [-0.3, -0.25) is 9.80 Å². The number of likely N-dealkylation sites (tertiary alicyclic amines) is 2. The van der Waals surface area contributed by atoms with Gasteiger partial charge in [0.25, 0.3) is 0 Å². The highest BCUT2D eigenvalue weighted by molar-refractivity contribution is 6.36. The highest BCUT2D eigenvalue weighted by atomic mass is 35.5. The van der Waals surface area contributed by atoms with Crippen molar-refractivity contribution in [2.75, 3.05) is 26.2 Å². The molecule has 0 bridgehead atoms. The Hall–Kier alpha value is -0.520. The Morgan fingerprint density at radius 1 is 1.14 bits per heavy atom. The molecule has 2 N–H and O–H groups in total. The van der Waals surface area contributed by atoms with E-state index < -0.39 is 0 Å². The maximum Gasteiger partial charge on any atom is 0.134 e. The third-order valence-electron chi connectivity index (χ3n) is 4.49. The number of hydrogen-bond donors (Lipinski definition) is 2. The molecule has 0 spiro atoms. The average molecular weight is 331 g/mol. The zero-order chi connectivity index (χ0) is 15.0. The maximum atomic E-state index is 10.3. The van der Waals surface area contributed by atoms with Gasteiger partial charge in [-0.05, 0) is 38.1 Å². The van der Waals surface area contributed by atoms with Crippen LogP contribution in [0, 0.1) is 0 Å². The number of phenols is 1. The van der Waals surface area contributed by atoms with Gasteiger partial charge in [-0.25, -0.2) is 0 Å². The number of rotatable bonds is 3. The Kier molecular flexibility index (Phi) is 4.62. The Morgan fingerprint density at radius 3 is 2.57 bits per heavy atom. The van der Waals surface area contributed by atoms with Gasteiger partial charge in [-0.2, -0.15) is 0 Å². The molecule has 6 heteroatoms. The summed E-state index contributed by atoms with van der Waals surface area (Å²) < 4.78 is 0. The highest BCUT2D eigenvalue weighted by Gasteiger charge is 2.36. The van der Waals surface area contributed by atoms with Gasteiger partial charge < -0.3 is 10.2 Å². The van der Waals surface area contributed by atoms with E-state index in [0.717, 1.165) is 25.2 Å². The predicted octanol–water partition coefficient (Wildman–Crippen LogP) is 2.34. The van der Waals surface area contributed by atoms with Crippen LogP contribution in [-0.2, 0) is 6.54 Å². The van der Waals surface area contributed by atoms with E-state index in [1.165, 1.54) is 18.9 Å². The van der Waals surface area contributed by atoms with Crippen LogP contribution in [0.15, 0.2) is 12.1 Å². The first kappa shape index (κ1) is 15.4. The number of aromatic hydroxyl groups is 1. The minimum Gasteiger partial charge on any atom is -0.506 e. The molecular formula is C15H20Cl2N2O2. The Labute approximate surface area is 134 Å². The van der Waals surface area contributed by atoms with Crippen LogP contribution in [0.2, 0.25) is 10.0 Å². The number of hydrogen-bond acceptors (Lipinski definition) is 4. The summed E-state index contributed by atoms with van der Waals surface area (Å²) in [5.41, 5.74) is 0.729. The summed E-state index contributed by atoms with van der Waals surface area (Å²) in [6, 6.07) is 3.35. The van der Waals surface area contributed by atoms with Gasteiger partial charge in [0.05, 0.1) is 11.1 Å². The molecule has 0 radical (unpaired) electrons. The summed E-state index contributed by atoms with van der Waals surface area (Å²) >= 11 is 12.3. The number of phenolic OH excluding ortho intramolecular Hbond substituents is 1. The van der Waals surface area contributed by atoms with Gasteiger partial charge in [0.15, 0.2) is 0 Å². The molecule has 1 aromatic rings. The lowest BCUT2D eigenvalue weighted by Gasteiger charge is -2.25. The van der Waals surface area contributed by atoms with Crippen molar-refractivity contribution >= 4 is 23.2 Å². The van der Waals surface area contributed by atoms with E-state index in [4.69, 9.17) is 23.2 Å². The molecule has 2 atom stereocenters. The van der Waals surface area contributed by atoms with Crippen molar-refractivity contribution in [1.29, 1.82) is 0 Å². The normalized spacial score (nSPS) is 27.6. The summed E-state index contributed by atoms with van der Waals surface area (Å²) in [7, 11) is 0. The largest absolute Gasteiger partial charge is 0.506 e. The monoisotopic (exact) mass is 330 g/mol. The minimum absolute atomic E-state index is 0.0481. The summed E-state index contributed by atoms with van der Waals surface area (Å²) in [5, 5.41) is 20.9. The number of aliphatic hydroxyl groups is 1. The minimum atomic E-state index is -0.335. The lowest BCUT2D eigenvalue weighted by Crippen LogP contribution is -2.41. The zero-order valence-electron chi connectivity index (χ0n) is 11.8. The number of aliphatic hydroxyl groups excluding tert-OH is 1. The molecule has 2 heterocycles. The molecule has 116 valence electrons. The molecule has 2 saturated heterocycles. The van der Waals surface area contributed by atoms with E-state index in [1.807, 2.05) is 0 Å². The second-order valence-corrected chi connectivity index (χ2v) is 6.72. The predicted molar refractivity (Wildman–Crippen MR) is 84.0 cm³/mol. The van der Waals surface area contributed by atoms with Gasteiger partial charge in [0.2, 0.25) is 0 Å². The van der Waals surface area contributed by atoms with Crippen LogP contribution in [0.4, 0.5) is 0 Å². The first-order valence-corrected chi connectivity index (χ1v) is 8.12. The van der Waals surface area contributed by atoms with Crippen LogP contribution in [0.1, 0.15) is 18.4 Å². The molecule has 4 nitrogen and oxygen atoms in total. The highest BCUT2D eigenvalue weighted by Crippen LogP contribution is 2.34. The number of halogens is 2. The van der Waals surface area contributed by atoms with Gasteiger partial charge in [0, 0.05) is 36.3 Å². The molecule has 0 aliphatic carbocycles. The molecule has 0 unspecified atom stereocenters. The molecule has 21 heavy (non-hydrogen) atoms. The summed E-state index contributed by atoms with van der Waals surface area (Å²) in [5.74, 6) is 0.0481. The Balaban J connectivity index is 1.71. The zero-order valence-corrected chi connectivity index (χ0v) is 13.3. The summed E-state index contributed by atoms with van der Waals surface area (Å²) in [4.78, 5) is 4.52. The first-order chi connectivity index (χ1) is 10.1. The van der Waals surface area contributed by atoms with Gasteiger partial charge in [0.1, 0.15) is 5.75 Å². The Bertz CT molecular complexity index is 521. The van der Waals surface area contributed by atoms with Gasteiger partial charge in [-0.1, -0.05) is 23.2 Å².